The van der Waals surface area contributed by atoms with Gasteiger partial charge in [-0.15, -0.1) is 10.2 Å². The van der Waals surface area contributed by atoms with Gasteiger partial charge in [-0.3, -0.25) is 9.36 Å². The fourth-order valence-corrected chi connectivity index (χ4v) is 5.06. The molecule has 2 fully saturated rings. The zero-order valence-electron chi connectivity index (χ0n) is 19.5. The SMILES string of the molecule is CC(Sc1nnc(N2CCCCC2)n1C1CC1)C(=O)Nc1ccc(OCc2ccccc2)cc1. The third-order valence-corrected chi connectivity index (χ3v) is 7.28. The summed E-state index contributed by atoms with van der Waals surface area (Å²) < 4.78 is 8.10. The number of ether oxygens (including phenoxy) is 1. The fourth-order valence-electron chi connectivity index (χ4n) is 4.14. The normalized spacial score (nSPS) is 16.8. The van der Waals surface area contributed by atoms with E-state index in [1.165, 1.54) is 31.0 Å². The molecule has 1 saturated heterocycles. The zero-order chi connectivity index (χ0) is 23.3. The highest BCUT2D eigenvalue weighted by Crippen LogP contribution is 2.42. The molecule has 1 N–H and O–H groups in total. The van der Waals surface area contributed by atoms with E-state index in [1.54, 1.807) is 0 Å². The molecule has 0 spiro atoms. The molecule has 1 amide bonds. The first-order valence-corrected chi connectivity index (χ1v) is 13.0. The van der Waals surface area contributed by atoms with E-state index in [1.807, 2.05) is 61.5 Å². The Bertz CT molecular complexity index is 1090. The minimum Gasteiger partial charge on any atom is -0.489 e. The largest absolute Gasteiger partial charge is 0.489 e. The van der Waals surface area contributed by atoms with Crippen LogP contribution in [0, 0.1) is 0 Å². The van der Waals surface area contributed by atoms with Gasteiger partial charge in [0.1, 0.15) is 12.4 Å². The molecular formula is C26H31N5O2S. The van der Waals surface area contributed by atoms with Crippen LogP contribution in [0.3, 0.4) is 0 Å². The molecule has 34 heavy (non-hydrogen) atoms. The number of nitrogens with zero attached hydrogens (tertiary/aromatic N) is 4. The van der Waals surface area contributed by atoms with Crippen LogP contribution in [0.25, 0.3) is 0 Å². The van der Waals surface area contributed by atoms with Gasteiger partial charge in [0.25, 0.3) is 0 Å². The van der Waals surface area contributed by atoms with Gasteiger partial charge in [0, 0.05) is 24.8 Å². The molecule has 2 aromatic carbocycles. The lowest BCUT2D eigenvalue weighted by atomic mass is 10.1. The third kappa shape index (κ3) is 5.55. The van der Waals surface area contributed by atoms with Crippen LogP contribution in [0.4, 0.5) is 11.6 Å². The van der Waals surface area contributed by atoms with Crippen LogP contribution in [0.15, 0.2) is 59.8 Å². The number of carbonyl (C=O) groups excluding carboxylic acids is 1. The summed E-state index contributed by atoms with van der Waals surface area (Å²) in [6.07, 6.45) is 6.01. The van der Waals surface area contributed by atoms with Crippen molar-refractivity contribution in [1.82, 2.24) is 14.8 Å². The Kier molecular flexibility index (Phi) is 7.04. The number of thioether (sulfide) groups is 1. The molecule has 178 valence electrons. The van der Waals surface area contributed by atoms with Crippen LogP contribution >= 0.6 is 11.8 Å². The highest BCUT2D eigenvalue weighted by Gasteiger charge is 2.33. The van der Waals surface area contributed by atoms with Crippen LogP contribution in [0.1, 0.15) is 50.6 Å². The van der Waals surface area contributed by atoms with Gasteiger partial charge in [0.05, 0.1) is 5.25 Å². The Balaban J connectivity index is 1.18. The highest BCUT2D eigenvalue weighted by molar-refractivity contribution is 8.00. The molecule has 1 saturated carbocycles. The van der Waals surface area contributed by atoms with Crippen LogP contribution in [-0.2, 0) is 11.4 Å². The lowest BCUT2D eigenvalue weighted by Crippen LogP contribution is -2.32. The van der Waals surface area contributed by atoms with Crippen LogP contribution in [0.2, 0.25) is 0 Å². The molecular weight excluding hydrogens is 446 g/mol. The van der Waals surface area contributed by atoms with Crippen molar-refractivity contribution in [3.05, 3.63) is 60.2 Å². The molecule has 8 heteroatoms. The van der Waals surface area contributed by atoms with Gasteiger partial charge in [-0.1, -0.05) is 42.1 Å². The molecule has 1 unspecified atom stereocenters. The van der Waals surface area contributed by atoms with Gasteiger partial charge in [0.2, 0.25) is 11.9 Å². The van der Waals surface area contributed by atoms with Crippen LogP contribution < -0.4 is 15.0 Å². The molecule has 2 aliphatic rings. The van der Waals surface area contributed by atoms with Crippen molar-refractivity contribution in [3.63, 3.8) is 0 Å². The van der Waals surface area contributed by atoms with Gasteiger partial charge in [-0.05, 0) is 68.9 Å². The number of hydrogen-bond acceptors (Lipinski definition) is 6. The Morgan fingerprint density at radius 1 is 1.06 bits per heavy atom. The molecule has 0 bridgehead atoms. The lowest BCUT2D eigenvalue weighted by Gasteiger charge is -2.28. The standard InChI is InChI=1S/C26H31N5O2S/c1-19(34-26-29-28-25(31(26)22-12-13-22)30-16-6-3-7-17-30)24(32)27-21-10-14-23(15-11-21)33-18-20-8-4-2-5-9-20/h2,4-5,8-11,14-15,19,22H,3,6-7,12-13,16-18H2,1H3,(H,27,32). The summed E-state index contributed by atoms with van der Waals surface area (Å²) in [7, 11) is 0. The summed E-state index contributed by atoms with van der Waals surface area (Å²) in [6, 6.07) is 18.0. The summed E-state index contributed by atoms with van der Waals surface area (Å²) in [6.45, 7) is 4.51. The van der Waals surface area contributed by atoms with E-state index in [2.05, 4.69) is 25.0 Å². The van der Waals surface area contributed by atoms with E-state index in [-0.39, 0.29) is 11.2 Å². The van der Waals surface area contributed by atoms with E-state index in [0.29, 0.717) is 12.6 Å². The maximum atomic E-state index is 12.9. The molecule has 2 heterocycles. The zero-order valence-corrected chi connectivity index (χ0v) is 20.3. The number of benzene rings is 2. The van der Waals surface area contributed by atoms with Gasteiger partial charge < -0.3 is 15.0 Å². The molecule has 1 aliphatic heterocycles. The van der Waals surface area contributed by atoms with Crippen molar-refractivity contribution in [3.8, 4) is 5.75 Å². The number of rotatable bonds is 9. The van der Waals surface area contributed by atoms with Gasteiger partial charge in [0.15, 0.2) is 5.16 Å². The Morgan fingerprint density at radius 2 is 1.79 bits per heavy atom. The molecule has 7 nitrogen and oxygen atoms in total. The smallest absolute Gasteiger partial charge is 0.237 e. The number of hydrogen-bond donors (Lipinski definition) is 1. The molecule has 1 atom stereocenters. The monoisotopic (exact) mass is 477 g/mol. The number of carbonyl (C=O) groups is 1. The van der Waals surface area contributed by atoms with E-state index in [0.717, 1.165) is 54.0 Å². The highest BCUT2D eigenvalue weighted by atomic mass is 32.2. The minimum absolute atomic E-state index is 0.0483. The van der Waals surface area contributed by atoms with Crippen molar-refractivity contribution in [1.29, 1.82) is 0 Å². The maximum Gasteiger partial charge on any atom is 0.237 e. The third-order valence-electron chi connectivity index (χ3n) is 6.22. The second-order valence-corrected chi connectivity index (χ2v) is 10.3. The second kappa shape index (κ2) is 10.5. The quantitative estimate of drug-likeness (QED) is 0.422. The first-order chi connectivity index (χ1) is 16.7. The predicted octanol–water partition coefficient (Wildman–Crippen LogP) is 5.30. The summed E-state index contributed by atoms with van der Waals surface area (Å²) >= 11 is 1.49. The van der Waals surface area contributed by atoms with E-state index >= 15 is 0 Å². The average Bonchev–Trinajstić information content (AvgIpc) is 3.64. The average molecular weight is 478 g/mol. The molecule has 5 rings (SSSR count). The van der Waals surface area contributed by atoms with Gasteiger partial charge in [-0.2, -0.15) is 0 Å². The van der Waals surface area contributed by atoms with Crippen molar-refractivity contribution in [2.75, 3.05) is 23.3 Å². The summed E-state index contributed by atoms with van der Waals surface area (Å²) in [5, 5.41) is 12.6. The first-order valence-electron chi connectivity index (χ1n) is 12.1. The van der Waals surface area contributed by atoms with Crippen molar-refractivity contribution in [2.24, 2.45) is 0 Å². The summed E-state index contributed by atoms with van der Waals surface area (Å²) in [5.74, 6) is 1.70. The molecule has 1 aromatic heterocycles. The summed E-state index contributed by atoms with van der Waals surface area (Å²) in [4.78, 5) is 15.2. The second-order valence-electron chi connectivity index (χ2n) is 8.98. The van der Waals surface area contributed by atoms with E-state index < -0.39 is 0 Å². The molecule has 1 aliphatic carbocycles. The van der Waals surface area contributed by atoms with Crippen molar-refractivity contribution in [2.45, 2.75) is 62.1 Å². The number of anilines is 2. The lowest BCUT2D eigenvalue weighted by molar-refractivity contribution is -0.115. The van der Waals surface area contributed by atoms with Crippen LogP contribution in [-0.4, -0.2) is 39.0 Å². The Labute approximate surface area is 204 Å². The molecule has 3 aromatic rings. The number of amides is 1. The number of aromatic nitrogens is 3. The molecule has 0 radical (unpaired) electrons. The van der Waals surface area contributed by atoms with Crippen molar-refractivity contribution >= 4 is 29.3 Å². The van der Waals surface area contributed by atoms with E-state index in [9.17, 15) is 4.79 Å². The van der Waals surface area contributed by atoms with Crippen molar-refractivity contribution < 1.29 is 9.53 Å². The fraction of sp³-hybridized carbons (Fsp3) is 0.423. The minimum atomic E-state index is -0.287. The summed E-state index contributed by atoms with van der Waals surface area (Å²) in [5.41, 5.74) is 1.87. The van der Waals surface area contributed by atoms with Gasteiger partial charge in [-0.25, -0.2) is 0 Å². The Hall–Kier alpha value is -3.00. The number of piperidine rings is 1. The predicted molar refractivity (Wildman–Crippen MR) is 136 cm³/mol. The van der Waals surface area contributed by atoms with Gasteiger partial charge >= 0.3 is 0 Å². The number of nitrogens with one attached hydrogen (secondary N) is 1. The van der Waals surface area contributed by atoms with E-state index in [4.69, 9.17) is 4.74 Å². The van der Waals surface area contributed by atoms with Crippen LogP contribution in [0.5, 0.6) is 5.75 Å². The maximum absolute atomic E-state index is 12.9. The first kappa shape index (κ1) is 22.8. The topological polar surface area (TPSA) is 72.3 Å². The Morgan fingerprint density at radius 3 is 2.50 bits per heavy atom.